The number of amides is 3. The molecule has 1 N–H and O–H groups in total. The van der Waals surface area contributed by atoms with Crippen molar-refractivity contribution in [2.45, 2.75) is 19.4 Å². The fraction of sp³-hybridized carbons (Fsp3) is 0.211. The molecule has 0 spiro atoms. The average Bonchev–Trinajstić information content (AvgIpc) is 2.91. The first-order chi connectivity index (χ1) is 12.2. The third kappa shape index (κ3) is 2.46. The molecule has 1 atom stereocenters. The number of benzene rings is 2. The third-order valence-corrected chi connectivity index (χ3v) is 4.28. The van der Waals surface area contributed by atoms with E-state index >= 15 is 0 Å². The number of nitrogens with one attached hydrogen (secondary N) is 1. The number of fused-ring (bicyclic) bond motifs is 3. The van der Waals surface area contributed by atoms with Crippen molar-refractivity contribution >= 4 is 35.2 Å². The van der Waals surface area contributed by atoms with Crippen LogP contribution in [0.2, 0.25) is 0 Å². The Balaban J connectivity index is 1.66. The van der Waals surface area contributed by atoms with Gasteiger partial charge in [0.25, 0.3) is 5.91 Å². The molecule has 0 aliphatic carbocycles. The molecule has 2 heterocycles. The minimum absolute atomic E-state index is 0.269. The number of carbonyl (C=O) groups is 2. The van der Waals surface area contributed by atoms with Gasteiger partial charge in [-0.15, -0.1) is 0 Å². The number of para-hydroxylation sites is 2. The van der Waals surface area contributed by atoms with Crippen LogP contribution in [0.1, 0.15) is 13.3 Å². The Kier molecular flexibility index (Phi) is 3.72. The van der Waals surface area contributed by atoms with Gasteiger partial charge in [-0.1, -0.05) is 19.1 Å². The van der Waals surface area contributed by atoms with Gasteiger partial charge in [-0.3, -0.25) is 9.69 Å². The van der Waals surface area contributed by atoms with Crippen molar-refractivity contribution in [1.82, 2.24) is 0 Å². The Morgan fingerprint density at radius 1 is 1.08 bits per heavy atom. The molecule has 4 rings (SSSR count). The number of hydrogen-bond donors (Lipinski definition) is 1. The first-order valence-corrected chi connectivity index (χ1v) is 8.29. The number of hydrogen-bond acceptors (Lipinski definition) is 3. The van der Waals surface area contributed by atoms with Gasteiger partial charge in [0.2, 0.25) is 5.69 Å². The maximum atomic E-state index is 12.9. The molecule has 0 aromatic heterocycles. The van der Waals surface area contributed by atoms with Crippen LogP contribution in [-0.2, 0) is 4.79 Å². The lowest BCUT2D eigenvalue weighted by atomic mass is 10.1. The molecule has 1 fully saturated rings. The van der Waals surface area contributed by atoms with E-state index in [9.17, 15) is 9.59 Å². The highest BCUT2D eigenvalue weighted by Crippen LogP contribution is 2.33. The first kappa shape index (κ1) is 15.4. The van der Waals surface area contributed by atoms with Crippen molar-refractivity contribution in [3.63, 3.8) is 0 Å². The molecule has 0 radical (unpaired) electrons. The lowest BCUT2D eigenvalue weighted by Crippen LogP contribution is -2.69. The zero-order valence-electron chi connectivity index (χ0n) is 13.8. The number of anilines is 2. The van der Waals surface area contributed by atoms with E-state index in [0.717, 1.165) is 17.9 Å². The smallest absolute Gasteiger partial charge is 0.337 e. The van der Waals surface area contributed by atoms with Gasteiger partial charge < -0.3 is 4.74 Å². The highest BCUT2D eigenvalue weighted by molar-refractivity contribution is 6.33. The second-order valence-corrected chi connectivity index (χ2v) is 5.94. The van der Waals surface area contributed by atoms with Crippen LogP contribution in [0, 0.1) is 0 Å². The highest BCUT2D eigenvalue weighted by atomic mass is 16.5. The van der Waals surface area contributed by atoms with Crippen molar-refractivity contribution in [3.05, 3.63) is 48.5 Å². The largest absolute Gasteiger partial charge is 0.494 e. The summed E-state index contributed by atoms with van der Waals surface area (Å²) in [6, 6.07) is 13.5. The molecule has 1 unspecified atom stereocenters. The number of ether oxygens (including phenoxy) is 1. The molecule has 0 saturated carbocycles. The first-order valence-electron chi connectivity index (χ1n) is 8.29. The van der Waals surface area contributed by atoms with Gasteiger partial charge in [0.15, 0.2) is 12.3 Å². The van der Waals surface area contributed by atoms with E-state index in [2.05, 4.69) is 4.99 Å². The molecule has 2 aliphatic heterocycles. The topological polar surface area (TPSA) is 63.8 Å². The molecular formula is C19H18N3O3+. The Morgan fingerprint density at radius 2 is 1.84 bits per heavy atom. The van der Waals surface area contributed by atoms with Crippen molar-refractivity contribution in [1.29, 1.82) is 0 Å². The van der Waals surface area contributed by atoms with Gasteiger partial charge in [-0.25, -0.2) is 14.7 Å². The lowest BCUT2D eigenvalue weighted by molar-refractivity contribution is -0.350. The van der Waals surface area contributed by atoms with Crippen LogP contribution in [-0.4, -0.2) is 30.8 Å². The molecule has 6 nitrogen and oxygen atoms in total. The summed E-state index contributed by atoms with van der Waals surface area (Å²) in [6.07, 6.45) is 2.57. The monoisotopic (exact) mass is 336 g/mol. The Morgan fingerprint density at radius 3 is 2.60 bits per heavy atom. The fourth-order valence-electron chi connectivity index (χ4n) is 3.09. The average molecular weight is 336 g/mol. The molecule has 2 aromatic rings. The number of nitrogens with zero attached hydrogens (tertiary/aromatic N) is 2. The molecule has 25 heavy (non-hydrogen) atoms. The second kappa shape index (κ2) is 6.05. The minimum Gasteiger partial charge on any atom is -0.494 e. The van der Waals surface area contributed by atoms with Crippen LogP contribution in [0.25, 0.3) is 0 Å². The summed E-state index contributed by atoms with van der Waals surface area (Å²) in [7, 11) is 0. The predicted molar refractivity (Wildman–Crippen MR) is 94.5 cm³/mol. The number of carbonyl (C=O) groups excluding carboxylic acids is 2. The quantitative estimate of drug-likeness (QED) is 0.863. The molecule has 2 aliphatic rings. The Bertz CT molecular complexity index is 860. The maximum Gasteiger partial charge on any atom is 0.337 e. The molecule has 126 valence electrons. The standard InChI is InChI=1S/C19H17N3O3/c1-2-11-25-14-9-7-13(8-10-14)21-18(23)17-12-20-15-5-3-4-6-16(15)22(17)19(21)24/h3-10,12,17H,2,11H2,1H3/p+1. The van der Waals surface area contributed by atoms with Crippen molar-refractivity contribution in [2.24, 2.45) is 0 Å². The highest BCUT2D eigenvalue weighted by Gasteiger charge is 2.50. The van der Waals surface area contributed by atoms with E-state index in [1.807, 2.05) is 31.2 Å². The number of imide groups is 1. The van der Waals surface area contributed by atoms with Gasteiger partial charge >= 0.3 is 6.03 Å². The van der Waals surface area contributed by atoms with Gasteiger partial charge in [0, 0.05) is 6.07 Å². The summed E-state index contributed by atoms with van der Waals surface area (Å²) < 4.78 is 5.55. The second-order valence-electron chi connectivity index (χ2n) is 5.94. The molecule has 0 bridgehead atoms. The Labute approximate surface area is 145 Å². The van der Waals surface area contributed by atoms with Crippen LogP contribution >= 0.6 is 0 Å². The van der Waals surface area contributed by atoms with Gasteiger partial charge in [-0.2, -0.15) is 0 Å². The summed E-state index contributed by atoms with van der Waals surface area (Å²) >= 11 is 0. The molecule has 2 aromatic carbocycles. The summed E-state index contributed by atoms with van der Waals surface area (Å²) in [5.74, 6) is 0.454. The molecular weight excluding hydrogens is 318 g/mol. The van der Waals surface area contributed by atoms with Crippen molar-refractivity contribution in [2.75, 3.05) is 16.4 Å². The lowest BCUT2D eigenvalue weighted by Gasteiger charge is -2.20. The van der Waals surface area contributed by atoms with Gasteiger partial charge in [0.1, 0.15) is 11.4 Å². The molecule has 6 heteroatoms. The summed E-state index contributed by atoms with van der Waals surface area (Å²) in [5, 5.41) is 0. The van der Waals surface area contributed by atoms with E-state index in [4.69, 9.17) is 4.74 Å². The third-order valence-electron chi connectivity index (χ3n) is 4.28. The number of urea groups is 1. The summed E-state index contributed by atoms with van der Waals surface area (Å²) in [4.78, 5) is 31.5. The van der Waals surface area contributed by atoms with E-state index in [0.29, 0.717) is 18.0 Å². The predicted octanol–water partition coefficient (Wildman–Crippen LogP) is 1.61. The van der Waals surface area contributed by atoms with E-state index in [-0.39, 0.29) is 11.9 Å². The van der Waals surface area contributed by atoms with Crippen molar-refractivity contribution < 1.29 is 19.3 Å². The van der Waals surface area contributed by atoms with Crippen LogP contribution in [0.15, 0.2) is 48.5 Å². The van der Waals surface area contributed by atoms with Crippen molar-refractivity contribution in [3.8, 4) is 5.75 Å². The van der Waals surface area contributed by atoms with Gasteiger partial charge in [0.05, 0.1) is 12.3 Å². The zero-order chi connectivity index (χ0) is 17.4. The van der Waals surface area contributed by atoms with Crippen LogP contribution in [0.3, 0.4) is 0 Å². The molecule has 1 saturated heterocycles. The Hall–Kier alpha value is -3.15. The van der Waals surface area contributed by atoms with Crippen LogP contribution < -0.4 is 19.5 Å². The summed E-state index contributed by atoms with van der Waals surface area (Å²) in [6.45, 7) is 2.67. The summed E-state index contributed by atoms with van der Waals surface area (Å²) in [5.41, 5.74) is 2.06. The van der Waals surface area contributed by atoms with Crippen LogP contribution in [0.4, 0.5) is 21.9 Å². The SMILES string of the molecule is CCCOc1ccc(N2C(=O)C3C=[NH+]c4ccccc4N3C2=O)cc1. The fourth-order valence-corrected chi connectivity index (χ4v) is 3.09. The normalized spacial score (nSPS) is 18.4. The minimum atomic E-state index is -0.640. The number of rotatable bonds is 4. The van der Waals surface area contributed by atoms with Gasteiger partial charge in [-0.05, 0) is 36.8 Å². The zero-order valence-corrected chi connectivity index (χ0v) is 13.8. The van der Waals surface area contributed by atoms with E-state index in [1.54, 1.807) is 30.5 Å². The maximum absolute atomic E-state index is 12.9. The van der Waals surface area contributed by atoms with E-state index in [1.165, 1.54) is 9.80 Å². The molecule has 3 amide bonds. The van der Waals surface area contributed by atoms with Crippen LogP contribution in [0.5, 0.6) is 5.75 Å². The van der Waals surface area contributed by atoms with E-state index < -0.39 is 6.04 Å².